The Morgan fingerprint density at radius 3 is 2.39 bits per heavy atom. The van der Waals surface area contributed by atoms with Crippen molar-refractivity contribution in [2.45, 2.75) is 38.3 Å². The molecule has 1 aromatic rings. The van der Waals surface area contributed by atoms with E-state index in [4.69, 9.17) is 5.11 Å². The highest BCUT2D eigenvalue weighted by atomic mass is 35.5. The second-order valence-electron chi connectivity index (χ2n) is 6.05. The van der Waals surface area contributed by atoms with E-state index in [2.05, 4.69) is 11.8 Å². The fourth-order valence-corrected chi connectivity index (χ4v) is 3.37. The maximum Gasteiger partial charge on any atom is 0.317 e. The Labute approximate surface area is 143 Å². The zero-order valence-electron chi connectivity index (χ0n) is 13.7. The average molecular weight is 345 g/mol. The first-order chi connectivity index (χ1) is 10.5. The summed E-state index contributed by atoms with van der Waals surface area (Å²) >= 11 is 0. The number of piperidine rings is 1. The van der Waals surface area contributed by atoms with Crippen LogP contribution in [0.15, 0.2) is 24.3 Å². The summed E-state index contributed by atoms with van der Waals surface area (Å²) < 4.78 is 13.1. The largest absolute Gasteiger partial charge is 0.480 e. The quantitative estimate of drug-likeness (QED) is 0.860. The normalized spacial score (nSPS) is 17.7. The first-order valence-corrected chi connectivity index (χ1v) is 7.92. The van der Waals surface area contributed by atoms with E-state index >= 15 is 0 Å². The number of nitrogens with zero attached hydrogens (tertiary/aromatic N) is 2. The van der Waals surface area contributed by atoms with Crippen molar-refractivity contribution in [1.82, 2.24) is 9.80 Å². The van der Waals surface area contributed by atoms with Gasteiger partial charge in [0.2, 0.25) is 0 Å². The number of likely N-dealkylation sites (N-methyl/N-ethyl adjacent to an activating group) is 1. The molecular weight excluding hydrogens is 319 g/mol. The highest BCUT2D eigenvalue weighted by molar-refractivity contribution is 5.85. The topological polar surface area (TPSA) is 43.8 Å². The molecule has 0 saturated carbocycles. The van der Waals surface area contributed by atoms with Crippen LogP contribution in [-0.2, 0) is 4.79 Å². The van der Waals surface area contributed by atoms with Crippen LogP contribution in [0.4, 0.5) is 4.39 Å². The highest BCUT2D eigenvalue weighted by Gasteiger charge is 2.27. The molecule has 0 amide bonds. The van der Waals surface area contributed by atoms with Crippen molar-refractivity contribution in [2.24, 2.45) is 0 Å². The summed E-state index contributed by atoms with van der Waals surface area (Å²) in [5, 5.41) is 8.88. The molecule has 1 aliphatic heterocycles. The van der Waals surface area contributed by atoms with Gasteiger partial charge in [0.05, 0.1) is 6.54 Å². The lowest BCUT2D eigenvalue weighted by Crippen LogP contribution is -2.45. The summed E-state index contributed by atoms with van der Waals surface area (Å²) in [6.45, 7) is 4.14. The van der Waals surface area contributed by atoms with Gasteiger partial charge in [-0.3, -0.25) is 14.6 Å². The van der Waals surface area contributed by atoms with Gasteiger partial charge in [-0.15, -0.1) is 12.4 Å². The standard InChI is InChI=1S/C17H25FN2O2.ClH/c1-3-16(13-4-6-14(18)7-5-13)20-10-8-15(9-11-20)19(2)12-17(21)22;/h4-7,15-16H,3,8-12H2,1-2H3,(H,21,22);1H. The third kappa shape index (κ3) is 5.44. The van der Waals surface area contributed by atoms with Crippen LogP contribution in [0.25, 0.3) is 0 Å². The van der Waals surface area contributed by atoms with Crippen LogP contribution in [0.1, 0.15) is 37.8 Å². The second kappa shape index (κ2) is 9.21. The third-order valence-electron chi connectivity index (χ3n) is 4.59. The van der Waals surface area contributed by atoms with E-state index in [0.717, 1.165) is 37.9 Å². The van der Waals surface area contributed by atoms with Crippen LogP contribution >= 0.6 is 12.4 Å². The zero-order valence-corrected chi connectivity index (χ0v) is 14.6. The predicted octanol–water partition coefficient (Wildman–Crippen LogP) is 3.18. The Morgan fingerprint density at radius 2 is 1.91 bits per heavy atom. The minimum absolute atomic E-state index is 0. The van der Waals surface area contributed by atoms with Gasteiger partial charge in [-0.1, -0.05) is 19.1 Å². The Kier molecular flexibility index (Phi) is 7.95. The lowest BCUT2D eigenvalue weighted by molar-refractivity contribution is -0.138. The average Bonchev–Trinajstić information content (AvgIpc) is 2.50. The van der Waals surface area contributed by atoms with Gasteiger partial charge >= 0.3 is 5.97 Å². The number of carbonyl (C=O) groups is 1. The number of aliphatic carboxylic acids is 1. The van der Waals surface area contributed by atoms with Gasteiger partial charge in [0.15, 0.2) is 0 Å². The molecule has 1 atom stereocenters. The van der Waals surface area contributed by atoms with Crippen LogP contribution in [0.2, 0.25) is 0 Å². The van der Waals surface area contributed by atoms with Crippen molar-refractivity contribution in [2.75, 3.05) is 26.7 Å². The number of hydrogen-bond donors (Lipinski definition) is 1. The molecule has 1 unspecified atom stereocenters. The molecule has 1 aliphatic rings. The minimum Gasteiger partial charge on any atom is -0.480 e. The van der Waals surface area contributed by atoms with Gasteiger partial charge in [-0.2, -0.15) is 0 Å². The van der Waals surface area contributed by atoms with Crippen molar-refractivity contribution in [3.8, 4) is 0 Å². The number of benzene rings is 1. The molecule has 1 fully saturated rings. The van der Waals surface area contributed by atoms with Crippen LogP contribution in [0.3, 0.4) is 0 Å². The molecule has 1 N–H and O–H groups in total. The van der Waals surface area contributed by atoms with Crippen LogP contribution in [0.5, 0.6) is 0 Å². The first kappa shape index (κ1) is 19.9. The first-order valence-electron chi connectivity index (χ1n) is 7.92. The fourth-order valence-electron chi connectivity index (χ4n) is 3.37. The van der Waals surface area contributed by atoms with Crippen molar-refractivity contribution in [1.29, 1.82) is 0 Å². The molecule has 1 aromatic carbocycles. The summed E-state index contributed by atoms with van der Waals surface area (Å²) in [5.74, 6) is -0.977. The lowest BCUT2D eigenvalue weighted by Gasteiger charge is -2.40. The van der Waals surface area contributed by atoms with E-state index in [0.29, 0.717) is 12.1 Å². The molecule has 23 heavy (non-hydrogen) atoms. The van der Waals surface area contributed by atoms with Gasteiger partial charge in [0.25, 0.3) is 0 Å². The number of rotatable bonds is 6. The molecule has 0 bridgehead atoms. The summed E-state index contributed by atoms with van der Waals surface area (Å²) in [4.78, 5) is 15.2. The van der Waals surface area contributed by atoms with Gasteiger partial charge in [-0.05, 0) is 44.0 Å². The van der Waals surface area contributed by atoms with E-state index in [1.54, 1.807) is 0 Å². The van der Waals surface area contributed by atoms with Crippen molar-refractivity contribution in [3.63, 3.8) is 0 Å². The number of carboxylic acids is 1. The third-order valence-corrected chi connectivity index (χ3v) is 4.59. The molecule has 1 saturated heterocycles. The predicted molar refractivity (Wildman–Crippen MR) is 91.5 cm³/mol. The van der Waals surface area contributed by atoms with Crippen LogP contribution < -0.4 is 0 Å². The molecule has 6 heteroatoms. The van der Waals surface area contributed by atoms with E-state index in [1.807, 2.05) is 24.1 Å². The zero-order chi connectivity index (χ0) is 16.1. The van der Waals surface area contributed by atoms with E-state index < -0.39 is 5.97 Å². The van der Waals surface area contributed by atoms with Crippen molar-refractivity contribution in [3.05, 3.63) is 35.6 Å². The molecule has 4 nitrogen and oxygen atoms in total. The number of halogens is 2. The van der Waals surface area contributed by atoms with Crippen LogP contribution in [-0.4, -0.2) is 53.6 Å². The Morgan fingerprint density at radius 1 is 1.35 bits per heavy atom. The monoisotopic (exact) mass is 344 g/mol. The van der Waals surface area contributed by atoms with Gasteiger partial charge < -0.3 is 5.11 Å². The van der Waals surface area contributed by atoms with E-state index in [-0.39, 0.29) is 24.8 Å². The molecule has 130 valence electrons. The smallest absolute Gasteiger partial charge is 0.317 e. The van der Waals surface area contributed by atoms with Gasteiger partial charge in [-0.25, -0.2) is 4.39 Å². The lowest BCUT2D eigenvalue weighted by atomic mass is 9.97. The van der Waals surface area contributed by atoms with E-state index in [1.165, 1.54) is 12.1 Å². The Hall–Kier alpha value is -1.17. The minimum atomic E-state index is -0.775. The fraction of sp³-hybridized carbons (Fsp3) is 0.588. The summed E-state index contributed by atoms with van der Waals surface area (Å²) in [7, 11) is 1.88. The molecule has 0 radical (unpaired) electrons. The maximum absolute atomic E-state index is 13.1. The molecular formula is C17H26ClFN2O2. The molecule has 1 heterocycles. The number of carboxylic acid groups (broad SMARTS) is 1. The molecule has 0 spiro atoms. The van der Waals surface area contributed by atoms with Gasteiger partial charge in [0.1, 0.15) is 5.82 Å². The SMILES string of the molecule is CCC(c1ccc(F)cc1)N1CCC(N(C)CC(=O)O)CC1.Cl. The molecule has 0 aliphatic carbocycles. The van der Waals surface area contributed by atoms with E-state index in [9.17, 15) is 9.18 Å². The summed E-state index contributed by atoms with van der Waals surface area (Å²) in [5.41, 5.74) is 1.15. The summed E-state index contributed by atoms with van der Waals surface area (Å²) in [6.07, 6.45) is 2.93. The molecule has 2 rings (SSSR count). The maximum atomic E-state index is 13.1. The van der Waals surface area contributed by atoms with Crippen LogP contribution in [0, 0.1) is 5.82 Å². The van der Waals surface area contributed by atoms with Gasteiger partial charge in [0, 0.05) is 25.2 Å². The Bertz CT molecular complexity index is 490. The number of hydrogen-bond acceptors (Lipinski definition) is 3. The molecule has 0 aromatic heterocycles. The second-order valence-corrected chi connectivity index (χ2v) is 6.05. The summed E-state index contributed by atoms with van der Waals surface area (Å²) in [6, 6.07) is 7.42. The number of likely N-dealkylation sites (tertiary alicyclic amines) is 1. The highest BCUT2D eigenvalue weighted by Crippen LogP contribution is 2.28. The van der Waals surface area contributed by atoms with Crippen molar-refractivity contribution < 1.29 is 14.3 Å². The Balaban J connectivity index is 0.00000264. The van der Waals surface area contributed by atoms with Crippen molar-refractivity contribution >= 4 is 18.4 Å².